The summed E-state index contributed by atoms with van der Waals surface area (Å²) < 4.78 is 34.5. The second-order valence-electron chi connectivity index (χ2n) is 20.0. The fraction of sp³-hybridized carbons (Fsp3) is 0.509. The van der Waals surface area contributed by atoms with Crippen molar-refractivity contribution >= 4 is 51.8 Å². The van der Waals surface area contributed by atoms with Crippen LogP contribution in [-0.2, 0) is 48.0 Å². The van der Waals surface area contributed by atoms with Crippen molar-refractivity contribution in [3.63, 3.8) is 0 Å². The SMILES string of the molecule is Cc1cc(OCCCc2c(C(O)OC(C)(C)C)n(CCN3CCOCC3)c3c(-c4c(C)nn(CCCOCCOCCNc5cccc6c5C(=O)N(C5CCC(=O)NC5=O)C6=O)c4C)cccc23)cc(C)c1Cl. The van der Waals surface area contributed by atoms with E-state index in [2.05, 4.69) is 56.8 Å². The van der Waals surface area contributed by atoms with Crippen molar-refractivity contribution in [3.05, 3.63) is 98.5 Å². The van der Waals surface area contributed by atoms with Crippen LogP contribution in [0.25, 0.3) is 22.0 Å². The van der Waals surface area contributed by atoms with E-state index in [4.69, 9.17) is 40.4 Å². The molecule has 3 aromatic carbocycles. The Kier molecular flexibility index (Phi) is 17.4. The Morgan fingerprint density at radius 2 is 1.58 bits per heavy atom. The van der Waals surface area contributed by atoms with Gasteiger partial charge in [-0.05, 0) is 115 Å². The quantitative estimate of drug-likeness (QED) is 0.0332. The van der Waals surface area contributed by atoms with E-state index in [0.717, 1.165) is 97.5 Å². The minimum Gasteiger partial charge on any atom is -0.494 e. The maximum atomic E-state index is 13.4. The third-order valence-electron chi connectivity index (χ3n) is 13.6. The summed E-state index contributed by atoms with van der Waals surface area (Å²) in [5, 5.41) is 24.4. The molecule has 392 valence electrons. The van der Waals surface area contributed by atoms with Crippen LogP contribution in [0.1, 0.15) is 107 Å². The van der Waals surface area contributed by atoms with E-state index in [1.165, 1.54) is 0 Å². The number of amides is 4. The normalized spacial score (nSPS) is 16.9. The van der Waals surface area contributed by atoms with Gasteiger partial charge in [-0.15, -0.1) is 0 Å². The van der Waals surface area contributed by atoms with Gasteiger partial charge in [-0.1, -0.05) is 35.9 Å². The van der Waals surface area contributed by atoms with Crippen LogP contribution >= 0.6 is 11.6 Å². The number of para-hydroxylation sites is 1. The highest BCUT2D eigenvalue weighted by Crippen LogP contribution is 2.41. The fourth-order valence-corrected chi connectivity index (χ4v) is 10.3. The minimum absolute atomic E-state index is 0.0567. The molecule has 17 nitrogen and oxygen atoms in total. The fourth-order valence-electron chi connectivity index (χ4n) is 10.2. The number of morpholine rings is 1. The van der Waals surface area contributed by atoms with E-state index in [0.29, 0.717) is 84.4 Å². The lowest BCUT2D eigenvalue weighted by Gasteiger charge is -2.29. The molecule has 2 unspecified atom stereocenters. The van der Waals surface area contributed by atoms with Gasteiger partial charge in [0.25, 0.3) is 11.8 Å². The van der Waals surface area contributed by atoms with Gasteiger partial charge < -0.3 is 38.7 Å². The number of ether oxygens (including phenoxy) is 5. The smallest absolute Gasteiger partial charge is 0.264 e. The second-order valence-corrected chi connectivity index (χ2v) is 20.4. The van der Waals surface area contributed by atoms with Crippen molar-refractivity contribution in [1.82, 2.24) is 29.5 Å². The molecule has 4 amide bonds. The van der Waals surface area contributed by atoms with Crippen LogP contribution in [-0.4, -0.2) is 137 Å². The number of imide groups is 2. The van der Waals surface area contributed by atoms with E-state index >= 15 is 0 Å². The van der Waals surface area contributed by atoms with Gasteiger partial charge in [-0.3, -0.25) is 39.0 Å². The van der Waals surface area contributed by atoms with Crippen molar-refractivity contribution in [2.45, 2.75) is 112 Å². The molecule has 18 heteroatoms. The molecule has 3 N–H and O–H groups in total. The topological polar surface area (TPSA) is 188 Å². The number of aryl methyl sites for hydroxylation is 5. The highest BCUT2D eigenvalue weighted by Gasteiger charge is 2.45. The number of nitrogens with one attached hydrogen (secondary N) is 2. The number of aliphatic hydroxyl groups excluding tert-OH is 1. The molecule has 73 heavy (non-hydrogen) atoms. The number of benzene rings is 3. The Hall–Kier alpha value is -5.66. The molecule has 0 spiro atoms. The first-order valence-electron chi connectivity index (χ1n) is 25.5. The number of hydrogen-bond donors (Lipinski definition) is 3. The number of hydrogen-bond acceptors (Lipinski definition) is 13. The number of anilines is 1. The largest absolute Gasteiger partial charge is 0.494 e. The van der Waals surface area contributed by atoms with Crippen molar-refractivity contribution < 1.29 is 48.0 Å². The van der Waals surface area contributed by atoms with Crippen LogP contribution < -0.4 is 15.4 Å². The molecule has 0 saturated carbocycles. The summed E-state index contributed by atoms with van der Waals surface area (Å²) in [5.74, 6) is -1.39. The molecule has 5 heterocycles. The van der Waals surface area contributed by atoms with Crippen molar-refractivity contribution in [3.8, 4) is 16.9 Å². The van der Waals surface area contributed by atoms with Gasteiger partial charge in [0.15, 0.2) is 6.29 Å². The lowest BCUT2D eigenvalue weighted by molar-refractivity contribution is -0.173. The molecule has 2 saturated heterocycles. The van der Waals surface area contributed by atoms with E-state index < -0.39 is 41.6 Å². The Morgan fingerprint density at radius 1 is 0.863 bits per heavy atom. The summed E-state index contributed by atoms with van der Waals surface area (Å²) in [4.78, 5) is 54.1. The van der Waals surface area contributed by atoms with Crippen LogP contribution in [0.5, 0.6) is 5.75 Å². The molecule has 2 aromatic heterocycles. The molecule has 3 aliphatic rings. The summed E-state index contributed by atoms with van der Waals surface area (Å²) in [6.07, 6.45) is 1.07. The predicted molar refractivity (Wildman–Crippen MR) is 278 cm³/mol. The van der Waals surface area contributed by atoms with Crippen LogP contribution in [0.15, 0.2) is 48.5 Å². The number of piperidine rings is 1. The first-order valence-corrected chi connectivity index (χ1v) is 25.9. The van der Waals surface area contributed by atoms with Gasteiger partial charge in [0.05, 0.1) is 73.3 Å². The van der Waals surface area contributed by atoms with Crippen molar-refractivity contribution in [2.24, 2.45) is 0 Å². The van der Waals surface area contributed by atoms with Gasteiger partial charge in [0.2, 0.25) is 11.8 Å². The first kappa shape index (κ1) is 53.6. The van der Waals surface area contributed by atoms with Crippen LogP contribution in [0, 0.1) is 27.7 Å². The maximum absolute atomic E-state index is 13.4. The highest BCUT2D eigenvalue weighted by atomic mass is 35.5. The lowest BCUT2D eigenvalue weighted by Crippen LogP contribution is -2.54. The number of fused-ring (bicyclic) bond motifs is 2. The van der Waals surface area contributed by atoms with Crippen LogP contribution in [0.4, 0.5) is 5.69 Å². The summed E-state index contributed by atoms with van der Waals surface area (Å²) in [7, 11) is 0. The van der Waals surface area contributed by atoms with Crippen LogP contribution in [0.2, 0.25) is 5.02 Å². The van der Waals surface area contributed by atoms with E-state index in [1.54, 1.807) is 18.2 Å². The van der Waals surface area contributed by atoms with Gasteiger partial charge >= 0.3 is 0 Å². The molecule has 2 fully saturated rings. The van der Waals surface area contributed by atoms with E-state index in [-0.39, 0.29) is 24.0 Å². The number of aliphatic hydroxyl groups is 1. The predicted octanol–water partition coefficient (Wildman–Crippen LogP) is 7.48. The third-order valence-corrected chi connectivity index (χ3v) is 14.2. The summed E-state index contributed by atoms with van der Waals surface area (Å²) in [6, 6.07) is 14.3. The molecule has 0 bridgehead atoms. The molecule has 3 aliphatic heterocycles. The second kappa shape index (κ2) is 23.7. The first-order chi connectivity index (χ1) is 35.0. The molecule has 0 aliphatic carbocycles. The standard InChI is InChI=1S/C55H70ClN7O10/c1-34-32-38(33-35(2)48(34)56)72-26-10-15-40-39-12-8-13-41(49(39)61(22-21-60-23-28-71-29-24-60)50(40)54(68)73-55(5,6)7)46-36(3)59-62(37(46)4)20-11-25-69-30-31-70-27-19-57-43-16-9-14-42-47(43)53(67)63(52(42)66)44-17-18-45(64)58-51(44)65/h8-9,12-14,16,32-33,44,54,57,68H,10-11,15,17-31H2,1-7H3,(H,58,64,65). The Morgan fingerprint density at radius 3 is 2.30 bits per heavy atom. The Bertz CT molecular complexity index is 2810. The van der Waals surface area contributed by atoms with Gasteiger partial charge in [0, 0.05) is 85.2 Å². The lowest BCUT2D eigenvalue weighted by atomic mass is 9.98. The number of aromatic nitrogens is 3. The zero-order valence-corrected chi connectivity index (χ0v) is 44.0. The Balaban J connectivity index is 0.904. The number of carbonyl (C=O) groups is 4. The van der Waals surface area contributed by atoms with E-state index in [1.807, 2.05) is 46.8 Å². The zero-order chi connectivity index (χ0) is 52.0. The van der Waals surface area contributed by atoms with E-state index in [9.17, 15) is 24.3 Å². The third kappa shape index (κ3) is 12.3. The molecule has 8 rings (SSSR count). The number of rotatable bonds is 23. The monoisotopic (exact) mass is 1020 g/mol. The van der Waals surface area contributed by atoms with Crippen molar-refractivity contribution in [1.29, 1.82) is 0 Å². The van der Waals surface area contributed by atoms with Crippen LogP contribution in [0.3, 0.4) is 0 Å². The zero-order valence-electron chi connectivity index (χ0n) is 43.2. The number of nitrogens with zero attached hydrogens (tertiary/aromatic N) is 5. The average molecular weight is 1020 g/mol. The maximum Gasteiger partial charge on any atom is 0.264 e. The highest BCUT2D eigenvalue weighted by molar-refractivity contribution is 6.32. The molecule has 0 radical (unpaired) electrons. The Labute approximate surface area is 432 Å². The van der Waals surface area contributed by atoms with Gasteiger partial charge in [0.1, 0.15) is 11.8 Å². The summed E-state index contributed by atoms with van der Waals surface area (Å²) >= 11 is 6.46. The molecular formula is C55H70ClN7O10. The number of halogens is 1. The summed E-state index contributed by atoms with van der Waals surface area (Å²) in [6.45, 7) is 21.6. The molecule has 2 atom stereocenters. The summed E-state index contributed by atoms with van der Waals surface area (Å²) in [5.41, 5.74) is 9.15. The van der Waals surface area contributed by atoms with Gasteiger partial charge in [-0.2, -0.15) is 5.10 Å². The minimum atomic E-state index is -1.17. The average Bonchev–Trinajstić information content (AvgIpc) is 3.92. The molecule has 5 aromatic rings. The number of carbonyl (C=O) groups excluding carboxylic acids is 4. The molecular weight excluding hydrogens is 954 g/mol. The van der Waals surface area contributed by atoms with Gasteiger partial charge in [-0.25, -0.2) is 0 Å². The van der Waals surface area contributed by atoms with Crippen molar-refractivity contribution in [2.75, 3.05) is 77.7 Å².